The summed E-state index contributed by atoms with van der Waals surface area (Å²) in [4.78, 5) is 0. The third-order valence-corrected chi connectivity index (χ3v) is 5.13. The van der Waals surface area contributed by atoms with E-state index in [0.717, 1.165) is 10.9 Å². The van der Waals surface area contributed by atoms with E-state index in [-0.39, 0.29) is 6.04 Å². The fourth-order valence-corrected chi connectivity index (χ4v) is 4.29. The first-order valence-corrected chi connectivity index (χ1v) is 8.31. The van der Waals surface area contributed by atoms with Gasteiger partial charge in [-0.1, -0.05) is 30.0 Å². The van der Waals surface area contributed by atoms with Crippen LogP contribution in [0.1, 0.15) is 25.5 Å². The van der Waals surface area contributed by atoms with Crippen LogP contribution in [0.4, 0.5) is 5.95 Å². The van der Waals surface area contributed by atoms with Crippen LogP contribution in [0.25, 0.3) is 10.1 Å². The lowest BCUT2D eigenvalue weighted by molar-refractivity contribution is 0.557. The Morgan fingerprint density at radius 3 is 2.90 bits per heavy atom. The molecule has 0 aliphatic carbocycles. The Bertz CT molecular complexity index is 730. The third kappa shape index (κ3) is 2.41. The highest BCUT2D eigenvalue weighted by Gasteiger charge is 2.13. The molecule has 0 spiro atoms. The largest absolute Gasteiger partial charge is 0.368 e. The Labute approximate surface area is 126 Å². The van der Waals surface area contributed by atoms with Crippen LogP contribution in [0, 0.1) is 0 Å². The minimum Gasteiger partial charge on any atom is -0.368 e. The van der Waals surface area contributed by atoms with Crippen LogP contribution < -0.4 is 5.73 Å². The first-order chi connectivity index (χ1) is 9.66. The molecule has 0 unspecified atom stereocenters. The quantitative estimate of drug-likeness (QED) is 0.742. The fourth-order valence-electron chi connectivity index (χ4n) is 2.16. The maximum Gasteiger partial charge on any atom is 0.222 e. The number of nitrogen functional groups attached to an aromatic ring is 1. The van der Waals surface area contributed by atoms with Gasteiger partial charge in [-0.2, -0.15) is 0 Å². The molecule has 2 aromatic heterocycles. The highest BCUT2D eigenvalue weighted by molar-refractivity contribution is 7.98. The summed E-state index contributed by atoms with van der Waals surface area (Å²) in [5.41, 5.74) is 7.20. The molecule has 0 amide bonds. The first-order valence-electron chi connectivity index (χ1n) is 6.45. The van der Waals surface area contributed by atoms with Gasteiger partial charge in [0, 0.05) is 16.5 Å². The number of aromatic nitrogens is 3. The van der Waals surface area contributed by atoms with Gasteiger partial charge < -0.3 is 5.73 Å². The van der Waals surface area contributed by atoms with Crippen LogP contribution in [0.15, 0.2) is 34.8 Å². The molecule has 3 aromatic rings. The van der Waals surface area contributed by atoms with Crippen molar-refractivity contribution >= 4 is 39.1 Å². The molecule has 0 radical (unpaired) electrons. The van der Waals surface area contributed by atoms with E-state index in [4.69, 9.17) is 5.73 Å². The Hall–Kier alpha value is -1.53. The topological polar surface area (TPSA) is 56.7 Å². The van der Waals surface area contributed by atoms with Crippen molar-refractivity contribution in [1.29, 1.82) is 0 Å². The highest BCUT2D eigenvalue weighted by atomic mass is 32.2. The third-order valence-electron chi connectivity index (χ3n) is 3.13. The number of rotatable bonds is 4. The monoisotopic (exact) mass is 304 g/mol. The second kappa shape index (κ2) is 5.46. The standard InChI is InChI=1S/C14H16N4S2/c1-9(2)18-13(15)16-17-14(18)20-8-10-7-19-12-6-4-3-5-11(10)12/h3-7,9H,8H2,1-2H3,(H2,15,16). The molecule has 20 heavy (non-hydrogen) atoms. The Morgan fingerprint density at radius 2 is 2.10 bits per heavy atom. The van der Waals surface area contributed by atoms with Gasteiger partial charge in [0.1, 0.15) is 0 Å². The van der Waals surface area contributed by atoms with Crippen molar-refractivity contribution in [2.75, 3.05) is 5.73 Å². The molecule has 4 nitrogen and oxygen atoms in total. The van der Waals surface area contributed by atoms with E-state index in [1.807, 2.05) is 4.57 Å². The first kappa shape index (κ1) is 13.5. The van der Waals surface area contributed by atoms with Crippen molar-refractivity contribution in [3.05, 3.63) is 35.2 Å². The Kier molecular flexibility index (Phi) is 3.67. The molecular formula is C14H16N4S2. The number of hydrogen-bond acceptors (Lipinski definition) is 5. The van der Waals surface area contributed by atoms with Gasteiger partial charge in [0.15, 0.2) is 5.16 Å². The average molecular weight is 304 g/mol. The summed E-state index contributed by atoms with van der Waals surface area (Å²) in [7, 11) is 0. The summed E-state index contributed by atoms with van der Waals surface area (Å²) < 4.78 is 3.30. The lowest BCUT2D eigenvalue weighted by Crippen LogP contribution is -2.06. The molecule has 3 rings (SSSR count). The zero-order valence-electron chi connectivity index (χ0n) is 11.4. The average Bonchev–Trinajstić information content (AvgIpc) is 3.00. The summed E-state index contributed by atoms with van der Waals surface area (Å²) in [5, 5.41) is 12.6. The number of anilines is 1. The van der Waals surface area contributed by atoms with Gasteiger partial charge in [-0.25, -0.2) is 0 Å². The number of hydrogen-bond donors (Lipinski definition) is 1. The van der Waals surface area contributed by atoms with Crippen LogP contribution in [-0.2, 0) is 5.75 Å². The molecular weight excluding hydrogens is 288 g/mol. The van der Waals surface area contributed by atoms with E-state index in [1.54, 1.807) is 23.1 Å². The van der Waals surface area contributed by atoms with Gasteiger partial charge in [0.25, 0.3) is 0 Å². The SMILES string of the molecule is CC(C)n1c(N)nnc1SCc1csc2ccccc12. The predicted molar refractivity (Wildman–Crippen MR) is 86.2 cm³/mol. The van der Waals surface area contributed by atoms with Crippen LogP contribution in [-0.4, -0.2) is 14.8 Å². The second-order valence-corrected chi connectivity index (χ2v) is 6.70. The number of nitrogens with zero attached hydrogens (tertiary/aromatic N) is 3. The smallest absolute Gasteiger partial charge is 0.222 e. The number of thiophene rings is 1. The van der Waals surface area contributed by atoms with Crippen LogP contribution in [0.2, 0.25) is 0 Å². The van der Waals surface area contributed by atoms with E-state index in [2.05, 4.69) is 53.7 Å². The Morgan fingerprint density at radius 1 is 1.30 bits per heavy atom. The van der Waals surface area contributed by atoms with E-state index in [9.17, 15) is 0 Å². The number of benzene rings is 1. The van der Waals surface area contributed by atoms with Gasteiger partial charge in [-0.15, -0.1) is 21.5 Å². The van der Waals surface area contributed by atoms with Crippen molar-refractivity contribution in [3.63, 3.8) is 0 Å². The van der Waals surface area contributed by atoms with Crippen molar-refractivity contribution in [2.24, 2.45) is 0 Å². The lowest BCUT2D eigenvalue weighted by Gasteiger charge is -2.10. The van der Waals surface area contributed by atoms with Crippen LogP contribution in [0.3, 0.4) is 0 Å². The molecule has 0 aliphatic heterocycles. The number of nitrogens with two attached hydrogens (primary N) is 1. The maximum absolute atomic E-state index is 5.86. The van der Waals surface area contributed by atoms with E-state index < -0.39 is 0 Å². The minimum atomic E-state index is 0.270. The van der Waals surface area contributed by atoms with E-state index in [1.165, 1.54) is 15.6 Å². The van der Waals surface area contributed by atoms with Gasteiger partial charge >= 0.3 is 0 Å². The summed E-state index contributed by atoms with van der Waals surface area (Å²) in [5.74, 6) is 1.37. The number of fused-ring (bicyclic) bond motifs is 1. The molecule has 6 heteroatoms. The highest BCUT2D eigenvalue weighted by Crippen LogP contribution is 2.32. The molecule has 2 N–H and O–H groups in total. The molecule has 0 atom stereocenters. The fraction of sp³-hybridized carbons (Fsp3) is 0.286. The van der Waals surface area contributed by atoms with Crippen molar-refractivity contribution in [2.45, 2.75) is 30.8 Å². The van der Waals surface area contributed by atoms with Crippen LogP contribution >= 0.6 is 23.1 Å². The van der Waals surface area contributed by atoms with Crippen LogP contribution in [0.5, 0.6) is 0 Å². The molecule has 0 saturated heterocycles. The predicted octanol–water partition coefficient (Wildman–Crippen LogP) is 3.95. The molecule has 0 aliphatic rings. The van der Waals surface area contributed by atoms with Gasteiger partial charge in [-0.3, -0.25) is 4.57 Å². The van der Waals surface area contributed by atoms with E-state index in [0.29, 0.717) is 5.95 Å². The Balaban J connectivity index is 1.83. The lowest BCUT2D eigenvalue weighted by atomic mass is 10.2. The molecule has 2 heterocycles. The summed E-state index contributed by atoms with van der Waals surface area (Å²) in [6.45, 7) is 4.17. The zero-order chi connectivity index (χ0) is 14.1. The molecule has 104 valence electrons. The van der Waals surface area contributed by atoms with Crippen molar-refractivity contribution < 1.29 is 0 Å². The summed E-state index contributed by atoms with van der Waals surface area (Å²) >= 11 is 3.47. The second-order valence-electron chi connectivity index (χ2n) is 4.85. The summed E-state index contributed by atoms with van der Waals surface area (Å²) in [6, 6.07) is 8.75. The van der Waals surface area contributed by atoms with Crippen molar-refractivity contribution in [1.82, 2.24) is 14.8 Å². The van der Waals surface area contributed by atoms with Crippen molar-refractivity contribution in [3.8, 4) is 0 Å². The van der Waals surface area contributed by atoms with E-state index >= 15 is 0 Å². The maximum atomic E-state index is 5.86. The van der Waals surface area contributed by atoms with Gasteiger partial charge in [0.05, 0.1) is 0 Å². The zero-order valence-corrected chi connectivity index (χ0v) is 13.0. The minimum absolute atomic E-state index is 0.270. The molecule has 0 bridgehead atoms. The number of thioether (sulfide) groups is 1. The molecule has 1 aromatic carbocycles. The van der Waals surface area contributed by atoms with Gasteiger partial charge in [-0.05, 0) is 36.2 Å². The van der Waals surface area contributed by atoms with Gasteiger partial charge in [0.2, 0.25) is 5.95 Å². The molecule has 0 fully saturated rings. The molecule has 0 saturated carbocycles. The summed E-state index contributed by atoms with van der Waals surface area (Å²) in [6.07, 6.45) is 0. The normalized spacial score (nSPS) is 11.6.